The number of benzene rings is 1. The molecule has 164 valence electrons. The van der Waals surface area contributed by atoms with Crippen molar-refractivity contribution in [1.29, 1.82) is 0 Å². The number of nitrogens with zero attached hydrogens (tertiary/aromatic N) is 2. The summed E-state index contributed by atoms with van der Waals surface area (Å²) in [6.45, 7) is 5.64. The highest BCUT2D eigenvalue weighted by Gasteiger charge is 2.15. The lowest BCUT2D eigenvalue weighted by Crippen LogP contribution is -2.23. The van der Waals surface area contributed by atoms with E-state index in [1.54, 1.807) is 18.6 Å². The summed E-state index contributed by atoms with van der Waals surface area (Å²) in [4.78, 5) is 9.11. The van der Waals surface area contributed by atoms with Crippen LogP contribution in [-0.4, -0.2) is 16.0 Å². The van der Waals surface area contributed by atoms with Crippen LogP contribution >= 0.6 is 0 Å². The molecule has 1 fully saturated rings. The molecule has 3 rings (SSSR count). The quantitative estimate of drug-likeness (QED) is 0.462. The minimum Gasteiger partial charge on any atom is -0.368 e. The lowest BCUT2D eigenvalue weighted by molar-refractivity contribution is 0.461. The van der Waals surface area contributed by atoms with Gasteiger partial charge in [-0.25, -0.2) is 18.7 Å². The van der Waals surface area contributed by atoms with Crippen molar-refractivity contribution in [2.24, 2.45) is 0 Å². The van der Waals surface area contributed by atoms with Gasteiger partial charge in [0.2, 0.25) is 5.95 Å². The Morgan fingerprint density at radius 2 is 1.94 bits per heavy atom. The SMILES string of the molecule is C=CN/C=C\C(=C/C(CC)c1cc(F)cc(F)c1)c1ccnc(NC2CCCCC2)n1. The van der Waals surface area contributed by atoms with Crippen LogP contribution in [0, 0.1) is 11.6 Å². The molecule has 1 heterocycles. The summed E-state index contributed by atoms with van der Waals surface area (Å²) in [6, 6.07) is 5.89. The van der Waals surface area contributed by atoms with Crippen molar-refractivity contribution >= 4 is 11.5 Å². The molecular formula is C25H30F2N4. The number of hydrogen-bond donors (Lipinski definition) is 2. The van der Waals surface area contributed by atoms with E-state index in [-0.39, 0.29) is 5.92 Å². The zero-order valence-corrected chi connectivity index (χ0v) is 18.0. The van der Waals surface area contributed by atoms with E-state index in [2.05, 4.69) is 22.2 Å². The van der Waals surface area contributed by atoms with Gasteiger partial charge in [-0.2, -0.15) is 0 Å². The van der Waals surface area contributed by atoms with E-state index in [1.807, 2.05) is 25.1 Å². The van der Waals surface area contributed by atoms with E-state index in [1.165, 1.54) is 31.4 Å². The lowest BCUT2D eigenvalue weighted by atomic mass is 9.93. The Hall–Kier alpha value is -3.02. The molecule has 31 heavy (non-hydrogen) atoms. The molecule has 0 radical (unpaired) electrons. The molecule has 1 saturated carbocycles. The van der Waals surface area contributed by atoms with Crippen molar-refractivity contribution in [3.8, 4) is 0 Å². The molecule has 0 bridgehead atoms. The number of anilines is 1. The van der Waals surface area contributed by atoms with Gasteiger partial charge in [0, 0.05) is 30.4 Å². The smallest absolute Gasteiger partial charge is 0.223 e. The number of aromatic nitrogens is 2. The van der Waals surface area contributed by atoms with Crippen LogP contribution < -0.4 is 10.6 Å². The number of rotatable bonds is 9. The zero-order valence-electron chi connectivity index (χ0n) is 18.0. The molecule has 0 aliphatic heterocycles. The average Bonchev–Trinajstić information content (AvgIpc) is 2.76. The van der Waals surface area contributed by atoms with Gasteiger partial charge in [-0.15, -0.1) is 0 Å². The van der Waals surface area contributed by atoms with Crippen LogP contribution in [0.5, 0.6) is 0 Å². The van der Waals surface area contributed by atoms with Gasteiger partial charge < -0.3 is 10.6 Å². The van der Waals surface area contributed by atoms with E-state index in [4.69, 9.17) is 4.98 Å². The van der Waals surface area contributed by atoms with Crippen molar-refractivity contribution in [3.63, 3.8) is 0 Å². The predicted molar refractivity (Wildman–Crippen MR) is 122 cm³/mol. The van der Waals surface area contributed by atoms with E-state index in [9.17, 15) is 8.78 Å². The monoisotopic (exact) mass is 424 g/mol. The maximum atomic E-state index is 13.8. The Morgan fingerprint density at radius 1 is 1.19 bits per heavy atom. The van der Waals surface area contributed by atoms with Crippen molar-refractivity contribution in [3.05, 3.63) is 84.5 Å². The third-order valence-corrected chi connectivity index (χ3v) is 5.50. The second-order valence-corrected chi connectivity index (χ2v) is 7.79. The molecule has 6 heteroatoms. The van der Waals surface area contributed by atoms with E-state index in [0.29, 0.717) is 24.0 Å². The highest BCUT2D eigenvalue weighted by Crippen LogP contribution is 2.28. The lowest BCUT2D eigenvalue weighted by Gasteiger charge is -2.22. The van der Waals surface area contributed by atoms with E-state index < -0.39 is 11.6 Å². The zero-order chi connectivity index (χ0) is 22.1. The summed E-state index contributed by atoms with van der Waals surface area (Å²) in [5.41, 5.74) is 2.17. The molecule has 0 amide bonds. The number of hydrogen-bond acceptors (Lipinski definition) is 4. The van der Waals surface area contributed by atoms with Crippen LogP contribution in [0.2, 0.25) is 0 Å². The molecule has 4 nitrogen and oxygen atoms in total. The topological polar surface area (TPSA) is 49.8 Å². The van der Waals surface area contributed by atoms with Crippen molar-refractivity contribution in [1.82, 2.24) is 15.3 Å². The number of nitrogens with one attached hydrogen (secondary N) is 2. The van der Waals surface area contributed by atoms with Crippen LogP contribution in [0.25, 0.3) is 5.57 Å². The van der Waals surface area contributed by atoms with Gasteiger partial charge in [0.05, 0.1) is 5.69 Å². The van der Waals surface area contributed by atoms with Gasteiger partial charge in [0.1, 0.15) is 11.6 Å². The summed E-state index contributed by atoms with van der Waals surface area (Å²) in [5, 5.41) is 6.39. The van der Waals surface area contributed by atoms with Crippen LogP contribution in [0.1, 0.15) is 62.6 Å². The molecular weight excluding hydrogens is 394 g/mol. The summed E-state index contributed by atoms with van der Waals surface area (Å²) < 4.78 is 27.6. The summed E-state index contributed by atoms with van der Waals surface area (Å²) in [7, 11) is 0. The summed E-state index contributed by atoms with van der Waals surface area (Å²) in [6.07, 6.45) is 15.6. The highest BCUT2D eigenvalue weighted by atomic mass is 19.1. The molecule has 1 unspecified atom stereocenters. The molecule has 1 aliphatic carbocycles. The van der Waals surface area contributed by atoms with Crippen molar-refractivity contribution < 1.29 is 8.78 Å². The van der Waals surface area contributed by atoms with Gasteiger partial charge in [0.15, 0.2) is 0 Å². The highest BCUT2D eigenvalue weighted by molar-refractivity contribution is 5.72. The second-order valence-electron chi connectivity index (χ2n) is 7.79. The first kappa shape index (κ1) is 22.7. The molecule has 1 aliphatic rings. The fourth-order valence-electron chi connectivity index (χ4n) is 3.91. The Kier molecular flexibility index (Phi) is 8.33. The number of allylic oxidation sites excluding steroid dienone is 3. The first-order valence-electron chi connectivity index (χ1n) is 10.9. The van der Waals surface area contributed by atoms with Crippen molar-refractivity contribution in [2.45, 2.75) is 57.4 Å². The minimum atomic E-state index is -0.576. The predicted octanol–water partition coefficient (Wildman–Crippen LogP) is 6.32. The van der Waals surface area contributed by atoms with Crippen LogP contribution in [0.4, 0.5) is 14.7 Å². The molecule has 0 spiro atoms. The average molecular weight is 425 g/mol. The number of halogens is 2. The van der Waals surface area contributed by atoms with Gasteiger partial charge in [0.25, 0.3) is 0 Å². The molecule has 1 atom stereocenters. The third-order valence-electron chi connectivity index (χ3n) is 5.50. The molecule has 1 aromatic heterocycles. The third kappa shape index (κ3) is 6.74. The second kappa shape index (κ2) is 11.4. The molecule has 0 saturated heterocycles. The van der Waals surface area contributed by atoms with Gasteiger partial charge >= 0.3 is 0 Å². The Balaban J connectivity index is 1.92. The molecule has 2 aromatic rings. The van der Waals surface area contributed by atoms with Crippen LogP contribution in [0.3, 0.4) is 0 Å². The van der Waals surface area contributed by atoms with Crippen molar-refractivity contribution in [2.75, 3.05) is 5.32 Å². The Bertz CT molecular complexity index is 913. The summed E-state index contributed by atoms with van der Waals surface area (Å²) >= 11 is 0. The minimum absolute atomic E-state index is 0.168. The molecule has 1 aromatic carbocycles. The normalized spacial score (nSPS) is 16.3. The molecule has 2 N–H and O–H groups in total. The fourth-order valence-corrected chi connectivity index (χ4v) is 3.91. The van der Waals surface area contributed by atoms with Gasteiger partial charge in [-0.3, -0.25) is 0 Å². The van der Waals surface area contributed by atoms with Crippen LogP contribution in [0.15, 0.2) is 61.6 Å². The van der Waals surface area contributed by atoms with E-state index >= 15 is 0 Å². The van der Waals surface area contributed by atoms with Gasteiger partial charge in [-0.05, 0) is 60.9 Å². The van der Waals surface area contributed by atoms with Crippen LogP contribution in [-0.2, 0) is 0 Å². The van der Waals surface area contributed by atoms with Gasteiger partial charge in [-0.1, -0.05) is 38.8 Å². The maximum Gasteiger partial charge on any atom is 0.223 e. The first-order chi connectivity index (χ1) is 15.1. The Morgan fingerprint density at radius 3 is 2.61 bits per heavy atom. The van der Waals surface area contributed by atoms with E-state index in [0.717, 1.165) is 30.2 Å². The summed E-state index contributed by atoms with van der Waals surface area (Å²) in [5.74, 6) is -0.718. The standard InChI is InChI=1S/C25H30F2N4/c1-3-18(20-15-21(26)17-22(27)16-20)14-19(10-12-28-4-2)24-11-13-29-25(31-24)30-23-8-6-5-7-9-23/h4,10-18,23,28H,2-3,5-9H2,1H3,(H,29,30,31)/b12-10-,19-14+. The maximum absolute atomic E-state index is 13.8. The largest absolute Gasteiger partial charge is 0.368 e. The Labute approximate surface area is 183 Å². The fraction of sp³-hybridized carbons (Fsp3) is 0.360. The first-order valence-corrected chi connectivity index (χ1v) is 10.9.